The van der Waals surface area contributed by atoms with E-state index in [1.807, 2.05) is 0 Å². The largest absolute Gasteiger partial charge is 2.00 e. The second-order valence-electron chi connectivity index (χ2n) is 0. The van der Waals surface area contributed by atoms with Crippen molar-refractivity contribution in [3.05, 3.63) is 0 Å². The van der Waals surface area contributed by atoms with Crippen molar-refractivity contribution in [1.82, 2.24) is 0 Å². The molecule has 0 aromatic heterocycles. The van der Waals surface area contributed by atoms with Gasteiger partial charge >= 0.3 is 104 Å². The van der Waals surface area contributed by atoms with Crippen LogP contribution in [0.1, 0.15) is 5.71 Å². The van der Waals surface area contributed by atoms with Gasteiger partial charge in [0.2, 0.25) is 0 Å². The summed E-state index contributed by atoms with van der Waals surface area (Å²) in [5, 5.41) is 0. The summed E-state index contributed by atoms with van der Waals surface area (Å²) < 4.78 is 0. The fourth-order valence-electron chi connectivity index (χ4n) is 0. The SMILES string of the molecule is [Ba+2].[Ca+2].[Cu+2].[H-].[H-].[H-].[H-].[Hg].[O-2].[Tl]. The molecule has 0 atom stereocenters. The summed E-state index contributed by atoms with van der Waals surface area (Å²) in [4.78, 5) is 0. The molecular formula is H4BaCaCuHgOTl. The maximum Gasteiger partial charge on any atom is 2.00 e. The summed E-state index contributed by atoms with van der Waals surface area (Å²) in [5.41, 5.74) is 0. The van der Waals surface area contributed by atoms with Crippen LogP contribution >= 0.6 is 0 Å². The first kappa shape index (κ1) is 43.2. The summed E-state index contributed by atoms with van der Waals surface area (Å²) in [6.45, 7) is 0. The average Bonchev–Trinajstić information content (AvgIpc) is 0. The van der Waals surface area contributed by atoms with E-state index < -0.39 is 0 Å². The van der Waals surface area contributed by atoms with Gasteiger partial charge in [0.05, 0.1) is 0 Å². The summed E-state index contributed by atoms with van der Waals surface area (Å²) >= 11 is 0. The Bertz CT molecular complexity index is 25.2. The maximum atomic E-state index is 0. The fourth-order valence-corrected chi connectivity index (χ4v) is 0. The molecule has 0 aromatic carbocycles. The molecule has 6 heteroatoms. The van der Waals surface area contributed by atoms with Crippen molar-refractivity contribution in [3.63, 3.8) is 0 Å². The van der Waals surface area contributed by atoms with Gasteiger partial charge in [0.1, 0.15) is 0 Å². The summed E-state index contributed by atoms with van der Waals surface area (Å²) in [6.07, 6.45) is 0. The molecule has 0 aliphatic heterocycles. The zero-order chi connectivity index (χ0) is 0. The molecule has 0 N–H and O–H groups in total. The van der Waals surface area contributed by atoms with Crippen molar-refractivity contribution in [3.8, 4) is 0 Å². The van der Waals surface area contributed by atoms with Gasteiger partial charge in [0.25, 0.3) is 0 Å². The van der Waals surface area contributed by atoms with Crippen molar-refractivity contribution < 1.29 is 55.9 Å². The Morgan fingerprint density at radius 2 is 1.17 bits per heavy atom. The topological polar surface area (TPSA) is 28.5 Å². The van der Waals surface area contributed by atoms with Gasteiger partial charge in [-0.3, -0.25) is 0 Å². The molecule has 0 saturated heterocycles. The van der Waals surface area contributed by atoms with Crippen molar-refractivity contribution in [2.24, 2.45) is 0 Å². The van der Waals surface area contributed by atoms with E-state index in [1.165, 1.54) is 0 Å². The van der Waals surface area contributed by atoms with E-state index in [0.29, 0.717) is 0 Å². The number of hydrogen-bond acceptors (Lipinski definition) is 0. The van der Waals surface area contributed by atoms with Gasteiger partial charge in [0.15, 0.2) is 0 Å². The minimum Gasteiger partial charge on any atom is -2.00 e. The van der Waals surface area contributed by atoms with Crippen molar-refractivity contribution in [2.45, 2.75) is 0 Å². The van der Waals surface area contributed by atoms with Crippen molar-refractivity contribution >= 4 is 114 Å². The molecule has 0 aliphatic rings. The molecule has 0 amide bonds. The molecule has 0 aromatic rings. The van der Waals surface area contributed by atoms with E-state index in [-0.39, 0.29) is 170 Å². The maximum absolute atomic E-state index is 0. The summed E-state index contributed by atoms with van der Waals surface area (Å²) in [7, 11) is 0. The first-order valence-corrected chi connectivity index (χ1v) is 0. The Hall–Kier alpha value is 5.17. The normalized spacial score (nSPS) is 0. The van der Waals surface area contributed by atoms with Crippen molar-refractivity contribution in [1.29, 1.82) is 0 Å². The van der Waals surface area contributed by atoms with E-state index in [4.69, 9.17) is 0 Å². The van der Waals surface area contributed by atoms with Gasteiger partial charge < -0.3 is 11.2 Å². The van der Waals surface area contributed by atoms with Crippen LogP contribution in [0.3, 0.4) is 0 Å². The third-order valence-electron chi connectivity index (χ3n) is 0. The molecule has 30 valence electrons. The molecule has 0 spiro atoms. The van der Waals surface area contributed by atoms with E-state index in [2.05, 4.69) is 0 Å². The molecule has 6 heavy (non-hydrogen) atoms. The molecule has 1 nitrogen and oxygen atoms in total. The zero-order valence-corrected chi connectivity index (χ0v) is 21.0. The van der Waals surface area contributed by atoms with Crippen LogP contribution in [0.25, 0.3) is 0 Å². The Kier molecular flexibility index (Phi) is 231. The Balaban J connectivity index is 0. The third-order valence-corrected chi connectivity index (χ3v) is 0. The smallest absolute Gasteiger partial charge is 2.00 e. The van der Waals surface area contributed by atoms with Gasteiger partial charge in [-0.1, -0.05) is 0 Å². The predicted octanol–water partition coefficient (Wildman–Crippen LogP) is -0.816. The molecule has 0 heterocycles. The minimum atomic E-state index is 0. The van der Waals surface area contributed by atoms with Gasteiger partial charge in [-0.15, -0.1) is 0 Å². The second-order valence-corrected chi connectivity index (χ2v) is 0. The first-order chi connectivity index (χ1) is 0. The predicted molar refractivity (Wildman–Crippen MR) is 22.4 cm³/mol. The quantitative estimate of drug-likeness (QED) is 0.303. The van der Waals surface area contributed by atoms with Crippen LogP contribution in [-0.4, -0.2) is 114 Å². The second kappa shape index (κ2) is 32.0. The molecule has 2 radical (unpaired) electrons. The van der Waals surface area contributed by atoms with Crippen LogP contribution in [0.15, 0.2) is 0 Å². The van der Waals surface area contributed by atoms with E-state index in [1.54, 1.807) is 0 Å². The molecular weight excluding hydrogens is 662 g/mol. The van der Waals surface area contributed by atoms with Crippen molar-refractivity contribution in [2.75, 3.05) is 0 Å². The van der Waals surface area contributed by atoms with E-state index in [0.717, 1.165) is 0 Å². The molecule has 0 bridgehead atoms. The average molecular weight is 666 g/mol. The zero-order valence-electron chi connectivity index (χ0n) is 7.41. The first-order valence-electron chi connectivity index (χ1n) is 0. The van der Waals surface area contributed by atoms with Crippen LogP contribution in [0.2, 0.25) is 0 Å². The monoisotopic (exact) mass is 668 g/mol. The number of rotatable bonds is 0. The molecule has 0 fully saturated rings. The Morgan fingerprint density at radius 3 is 1.17 bits per heavy atom. The van der Waals surface area contributed by atoms with Gasteiger partial charge in [0, 0.05) is 55.0 Å². The van der Waals surface area contributed by atoms with Crippen LogP contribution in [0, 0.1) is 0 Å². The van der Waals surface area contributed by atoms with Gasteiger partial charge in [-0.05, 0) is 0 Å². The Labute approximate surface area is 165 Å². The van der Waals surface area contributed by atoms with Crippen LogP contribution < -0.4 is 0 Å². The van der Waals surface area contributed by atoms with E-state index in [9.17, 15) is 0 Å². The Morgan fingerprint density at radius 1 is 1.17 bits per heavy atom. The van der Waals surface area contributed by atoms with Gasteiger partial charge in [-0.25, -0.2) is 0 Å². The molecule has 0 rings (SSSR count). The molecule has 0 unspecified atom stereocenters. The van der Waals surface area contributed by atoms with Gasteiger partial charge in [-0.2, -0.15) is 0 Å². The third kappa shape index (κ3) is 22.9. The van der Waals surface area contributed by atoms with Crippen LogP contribution in [0.4, 0.5) is 0 Å². The molecule has 0 aliphatic carbocycles. The standard InChI is InChI=1S/Ba.Ca.Cu.Hg.O.Tl.4H/q3*+2;;-2;;4*-1. The summed E-state index contributed by atoms with van der Waals surface area (Å²) in [5.74, 6) is 0. The van der Waals surface area contributed by atoms with Crippen LogP contribution in [0.5, 0.6) is 0 Å². The van der Waals surface area contributed by atoms with E-state index >= 15 is 0 Å². The fraction of sp³-hybridized carbons (Fsp3) is 0. The minimum absolute atomic E-state index is 0. The summed E-state index contributed by atoms with van der Waals surface area (Å²) in [6, 6.07) is 0. The molecule has 0 saturated carbocycles. The number of hydrogen-bond donors (Lipinski definition) is 0. The van der Waals surface area contributed by atoms with Crippen LogP contribution in [-0.2, 0) is 50.2 Å².